The molecule has 0 aliphatic carbocycles. The van der Waals surface area contributed by atoms with Gasteiger partial charge in [-0.3, -0.25) is 10.1 Å². The molecule has 0 spiro atoms. The second-order valence-corrected chi connectivity index (χ2v) is 5.29. The Balaban J connectivity index is 3.10. The van der Waals surface area contributed by atoms with E-state index in [0.29, 0.717) is 9.43 Å². The standard InChI is InChI=1S/C10H15BrIN5/c1-4-17-9(11)7(5-15-17)6(2)8(10(12)13)16-14-3/h5-6,13-14H,4H2,1-3H3/b13-10?,16-8-. The average Bonchev–Trinajstić information content (AvgIpc) is 2.66. The van der Waals surface area contributed by atoms with Gasteiger partial charge in [-0.2, -0.15) is 10.2 Å². The fraction of sp³-hybridized carbons (Fsp3) is 0.500. The molecular formula is C10H15BrIN5. The summed E-state index contributed by atoms with van der Waals surface area (Å²) in [4.78, 5) is 0. The molecular weight excluding hydrogens is 397 g/mol. The van der Waals surface area contributed by atoms with Crippen molar-refractivity contribution in [2.45, 2.75) is 26.3 Å². The van der Waals surface area contributed by atoms with Crippen LogP contribution in [-0.4, -0.2) is 26.3 Å². The minimum absolute atomic E-state index is 0.0292. The van der Waals surface area contributed by atoms with Gasteiger partial charge in [0.05, 0.1) is 11.9 Å². The zero-order valence-electron chi connectivity index (χ0n) is 9.96. The van der Waals surface area contributed by atoms with Crippen molar-refractivity contribution in [2.75, 3.05) is 7.05 Å². The third-order valence-corrected chi connectivity index (χ3v) is 3.85. The maximum Gasteiger partial charge on any atom is 0.116 e. The van der Waals surface area contributed by atoms with Gasteiger partial charge in [0.15, 0.2) is 0 Å². The number of aryl methyl sites for hydroxylation is 1. The summed E-state index contributed by atoms with van der Waals surface area (Å²) in [5.74, 6) is 0.0292. The van der Waals surface area contributed by atoms with E-state index in [-0.39, 0.29) is 5.92 Å². The number of halogens is 2. The number of rotatable bonds is 5. The highest BCUT2D eigenvalue weighted by atomic mass is 127. The van der Waals surface area contributed by atoms with Crippen LogP contribution in [0.3, 0.4) is 0 Å². The van der Waals surface area contributed by atoms with E-state index in [0.717, 1.165) is 16.7 Å². The minimum atomic E-state index is 0.0292. The van der Waals surface area contributed by atoms with Crippen molar-refractivity contribution >= 4 is 48.0 Å². The molecule has 2 N–H and O–H groups in total. The number of aromatic nitrogens is 2. The highest BCUT2D eigenvalue weighted by Crippen LogP contribution is 2.26. The van der Waals surface area contributed by atoms with E-state index in [1.165, 1.54) is 0 Å². The quantitative estimate of drug-likeness (QED) is 0.444. The van der Waals surface area contributed by atoms with Gasteiger partial charge < -0.3 is 5.43 Å². The van der Waals surface area contributed by atoms with Crippen molar-refractivity contribution in [1.82, 2.24) is 15.2 Å². The Bertz CT molecular complexity index is 440. The zero-order chi connectivity index (χ0) is 13.0. The van der Waals surface area contributed by atoms with Crippen molar-refractivity contribution in [3.05, 3.63) is 16.4 Å². The fourth-order valence-corrected chi connectivity index (χ4v) is 2.88. The summed E-state index contributed by atoms with van der Waals surface area (Å²) >= 11 is 5.50. The van der Waals surface area contributed by atoms with Crippen LogP contribution >= 0.6 is 38.5 Å². The van der Waals surface area contributed by atoms with Crippen LogP contribution in [0.5, 0.6) is 0 Å². The Labute approximate surface area is 123 Å². The summed E-state index contributed by atoms with van der Waals surface area (Å²) in [6.45, 7) is 4.87. The first-order chi connectivity index (χ1) is 8.02. The average molecular weight is 412 g/mol. The van der Waals surface area contributed by atoms with Gasteiger partial charge >= 0.3 is 0 Å². The van der Waals surface area contributed by atoms with Crippen LogP contribution in [0.4, 0.5) is 0 Å². The molecule has 0 saturated heterocycles. The minimum Gasteiger partial charge on any atom is -0.313 e. The van der Waals surface area contributed by atoms with Crippen LogP contribution < -0.4 is 5.43 Å². The van der Waals surface area contributed by atoms with Gasteiger partial charge in [-0.05, 0) is 45.4 Å². The molecule has 17 heavy (non-hydrogen) atoms. The van der Waals surface area contributed by atoms with Gasteiger partial charge in [0.25, 0.3) is 0 Å². The lowest BCUT2D eigenvalue weighted by Crippen LogP contribution is -2.18. The van der Waals surface area contributed by atoms with E-state index in [1.54, 1.807) is 7.05 Å². The molecule has 0 aliphatic heterocycles. The van der Waals surface area contributed by atoms with Gasteiger partial charge in [-0.1, -0.05) is 6.92 Å². The second kappa shape index (κ2) is 6.48. The van der Waals surface area contributed by atoms with Crippen molar-refractivity contribution in [3.63, 3.8) is 0 Å². The van der Waals surface area contributed by atoms with E-state index < -0.39 is 0 Å². The first-order valence-corrected chi connectivity index (χ1v) is 7.10. The molecule has 1 unspecified atom stereocenters. The molecule has 1 aromatic heterocycles. The van der Waals surface area contributed by atoms with Crippen LogP contribution in [0.15, 0.2) is 15.9 Å². The summed E-state index contributed by atoms with van der Waals surface area (Å²) < 4.78 is 3.26. The lowest BCUT2D eigenvalue weighted by atomic mass is 10.00. The van der Waals surface area contributed by atoms with Crippen LogP contribution in [0.25, 0.3) is 0 Å². The van der Waals surface area contributed by atoms with Crippen LogP contribution in [0.2, 0.25) is 0 Å². The zero-order valence-corrected chi connectivity index (χ0v) is 13.7. The third kappa shape index (κ3) is 3.27. The number of hydrogen-bond acceptors (Lipinski definition) is 4. The number of hydrazone groups is 1. The van der Waals surface area contributed by atoms with Gasteiger partial charge in [0.1, 0.15) is 8.32 Å². The maximum atomic E-state index is 7.73. The van der Waals surface area contributed by atoms with E-state index in [1.807, 2.05) is 47.3 Å². The largest absolute Gasteiger partial charge is 0.313 e. The van der Waals surface area contributed by atoms with Crippen LogP contribution in [0.1, 0.15) is 25.3 Å². The van der Waals surface area contributed by atoms with Gasteiger partial charge in [0, 0.05) is 25.1 Å². The lowest BCUT2D eigenvalue weighted by molar-refractivity contribution is 0.644. The molecule has 7 heteroatoms. The maximum absolute atomic E-state index is 7.73. The Morgan fingerprint density at radius 3 is 2.82 bits per heavy atom. The molecule has 1 heterocycles. The van der Waals surface area contributed by atoms with Crippen LogP contribution in [0, 0.1) is 5.41 Å². The Kier molecular flexibility index (Phi) is 5.57. The molecule has 0 radical (unpaired) electrons. The van der Waals surface area contributed by atoms with Crippen molar-refractivity contribution < 1.29 is 0 Å². The van der Waals surface area contributed by atoms with E-state index in [4.69, 9.17) is 5.41 Å². The number of nitrogens with zero attached hydrogens (tertiary/aromatic N) is 3. The summed E-state index contributed by atoms with van der Waals surface area (Å²) in [5.41, 5.74) is 4.50. The Morgan fingerprint density at radius 2 is 2.41 bits per heavy atom. The fourth-order valence-electron chi connectivity index (χ4n) is 1.50. The third-order valence-electron chi connectivity index (χ3n) is 2.43. The summed E-state index contributed by atoms with van der Waals surface area (Å²) in [6.07, 6.45) is 1.82. The normalized spacial score (nSPS) is 13.6. The molecule has 0 aromatic carbocycles. The molecule has 94 valence electrons. The molecule has 0 amide bonds. The molecule has 0 bridgehead atoms. The SMILES string of the molecule is CCn1ncc(C(C)/C(=N/NC)C(=N)I)c1Br. The lowest BCUT2D eigenvalue weighted by Gasteiger charge is -2.12. The molecule has 0 saturated carbocycles. The summed E-state index contributed by atoms with van der Waals surface area (Å²) in [6, 6.07) is 0. The molecule has 1 aromatic rings. The van der Waals surface area contributed by atoms with Crippen molar-refractivity contribution in [2.24, 2.45) is 5.10 Å². The molecule has 1 atom stereocenters. The van der Waals surface area contributed by atoms with E-state index in [2.05, 4.69) is 31.6 Å². The highest BCUT2D eigenvalue weighted by molar-refractivity contribution is 14.1. The van der Waals surface area contributed by atoms with Gasteiger partial charge in [-0.25, -0.2) is 0 Å². The van der Waals surface area contributed by atoms with Gasteiger partial charge in [0.2, 0.25) is 0 Å². The topological polar surface area (TPSA) is 66.1 Å². The number of nitrogens with one attached hydrogen (secondary N) is 2. The smallest absolute Gasteiger partial charge is 0.116 e. The highest BCUT2D eigenvalue weighted by Gasteiger charge is 2.21. The first-order valence-electron chi connectivity index (χ1n) is 5.22. The predicted molar refractivity (Wildman–Crippen MR) is 82.3 cm³/mol. The van der Waals surface area contributed by atoms with E-state index >= 15 is 0 Å². The predicted octanol–water partition coefficient (Wildman–Crippen LogP) is 2.76. The molecule has 5 nitrogen and oxygen atoms in total. The molecule has 1 rings (SSSR count). The Hall–Kier alpha value is -0.440. The summed E-state index contributed by atoms with van der Waals surface area (Å²) in [5, 5.41) is 16.2. The molecule has 0 aliphatic rings. The molecule has 0 fully saturated rings. The summed E-state index contributed by atoms with van der Waals surface area (Å²) in [7, 11) is 1.73. The second-order valence-electron chi connectivity index (χ2n) is 3.46. The first kappa shape index (κ1) is 14.6. The van der Waals surface area contributed by atoms with Crippen molar-refractivity contribution in [3.8, 4) is 0 Å². The van der Waals surface area contributed by atoms with Gasteiger partial charge in [-0.15, -0.1) is 0 Å². The van der Waals surface area contributed by atoms with Crippen molar-refractivity contribution in [1.29, 1.82) is 5.41 Å². The van der Waals surface area contributed by atoms with E-state index in [9.17, 15) is 0 Å². The number of hydrogen-bond donors (Lipinski definition) is 2. The Morgan fingerprint density at radius 1 is 1.76 bits per heavy atom. The monoisotopic (exact) mass is 411 g/mol. The van der Waals surface area contributed by atoms with Crippen LogP contribution in [-0.2, 0) is 6.54 Å².